The zero-order chi connectivity index (χ0) is 14.8. The van der Waals surface area contributed by atoms with Gasteiger partial charge in [-0.05, 0) is 52.0 Å². The molecule has 0 aliphatic carbocycles. The Balaban J connectivity index is 1.97. The Hall–Kier alpha value is -0.170. The number of ether oxygens (including phenoxy) is 1. The van der Waals surface area contributed by atoms with Gasteiger partial charge in [0.1, 0.15) is 0 Å². The van der Waals surface area contributed by atoms with Crippen LogP contribution in [0.1, 0.15) is 39.0 Å². The van der Waals surface area contributed by atoms with Gasteiger partial charge in [0.2, 0.25) is 10.0 Å². The first-order valence-corrected chi connectivity index (χ1v) is 9.46. The van der Waals surface area contributed by atoms with E-state index in [4.69, 9.17) is 4.74 Å². The quantitative estimate of drug-likeness (QED) is 0.829. The third kappa shape index (κ3) is 3.72. The summed E-state index contributed by atoms with van der Waals surface area (Å²) in [6, 6.07) is 0.300. The topological polar surface area (TPSA) is 58.6 Å². The molecule has 0 spiro atoms. The molecule has 6 heteroatoms. The van der Waals surface area contributed by atoms with E-state index in [1.54, 1.807) is 4.31 Å². The average molecular weight is 304 g/mol. The molecule has 0 aromatic carbocycles. The molecule has 20 heavy (non-hydrogen) atoms. The molecule has 0 aromatic heterocycles. The van der Waals surface area contributed by atoms with Gasteiger partial charge in [-0.25, -0.2) is 12.7 Å². The lowest BCUT2D eigenvalue weighted by atomic mass is 9.83. The van der Waals surface area contributed by atoms with E-state index in [1.165, 1.54) is 6.26 Å². The second-order valence-corrected chi connectivity index (χ2v) is 8.45. The van der Waals surface area contributed by atoms with Crippen LogP contribution in [0, 0.1) is 5.92 Å². The lowest BCUT2D eigenvalue weighted by Gasteiger charge is -2.38. The summed E-state index contributed by atoms with van der Waals surface area (Å²) in [5.74, 6) is 0.428. The zero-order valence-electron chi connectivity index (χ0n) is 12.9. The van der Waals surface area contributed by atoms with Crippen molar-refractivity contribution < 1.29 is 13.2 Å². The van der Waals surface area contributed by atoms with Crippen LogP contribution in [-0.2, 0) is 14.8 Å². The summed E-state index contributed by atoms with van der Waals surface area (Å²) >= 11 is 0. The molecule has 3 unspecified atom stereocenters. The first-order valence-electron chi connectivity index (χ1n) is 7.61. The minimum Gasteiger partial charge on any atom is -0.374 e. The SMILES string of the molecule is CNC(CC1CCCN(S(C)(=O)=O)C1)C1(C)CCCO1. The van der Waals surface area contributed by atoms with Crippen molar-refractivity contribution in [2.45, 2.75) is 50.7 Å². The first kappa shape index (κ1) is 16.2. The van der Waals surface area contributed by atoms with Crippen LogP contribution in [0.5, 0.6) is 0 Å². The molecule has 1 N–H and O–H groups in total. The smallest absolute Gasteiger partial charge is 0.211 e. The van der Waals surface area contributed by atoms with Crippen molar-refractivity contribution in [2.75, 3.05) is 33.0 Å². The molecule has 2 heterocycles. The number of hydrogen-bond donors (Lipinski definition) is 1. The largest absolute Gasteiger partial charge is 0.374 e. The number of likely N-dealkylation sites (N-methyl/N-ethyl adjacent to an activating group) is 1. The van der Waals surface area contributed by atoms with Gasteiger partial charge in [0, 0.05) is 25.7 Å². The van der Waals surface area contributed by atoms with Crippen molar-refractivity contribution in [3.05, 3.63) is 0 Å². The fraction of sp³-hybridized carbons (Fsp3) is 1.00. The molecule has 118 valence electrons. The summed E-state index contributed by atoms with van der Waals surface area (Å²) in [5, 5.41) is 3.39. The van der Waals surface area contributed by atoms with Crippen LogP contribution in [0.25, 0.3) is 0 Å². The number of rotatable bonds is 5. The van der Waals surface area contributed by atoms with E-state index in [0.717, 1.165) is 38.7 Å². The Kier molecular flexibility index (Phi) is 5.10. The molecule has 2 saturated heterocycles. The summed E-state index contributed by atoms with van der Waals surface area (Å²) < 4.78 is 30.9. The highest BCUT2D eigenvalue weighted by Gasteiger charge is 2.39. The van der Waals surface area contributed by atoms with E-state index < -0.39 is 10.0 Å². The number of nitrogens with zero attached hydrogens (tertiary/aromatic N) is 1. The molecule has 2 fully saturated rings. The van der Waals surface area contributed by atoms with Gasteiger partial charge in [0.15, 0.2) is 0 Å². The molecule has 0 radical (unpaired) electrons. The fourth-order valence-corrected chi connectivity index (χ4v) is 4.54. The average Bonchev–Trinajstić information content (AvgIpc) is 2.83. The van der Waals surface area contributed by atoms with E-state index >= 15 is 0 Å². The van der Waals surface area contributed by atoms with Gasteiger partial charge in [-0.1, -0.05) is 0 Å². The monoisotopic (exact) mass is 304 g/mol. The number of nitrogens with one attached hydrogen (secondary N) is 1. The molecule has 0 amide bonds. The van der Waals surface area contributed by atoms with Crippen LogP contribution >= 0.6 is 0 Å². The van der Waals surface area contributed by atoms with E-state index in [1.807, 2.05) is 7.05 Å². The molecule has 2 aliphatic heterocycles. The van der Waals surface area contributed by atoms with Crippen molar-refractivity contribution in [2.24, 2.45) is 5.92 Å². The van der Waals surface area contributed by atoms with Gasteiger partial charge in [0.25, 0.3) is 0 Å². The first-order chi connectivity index (χ1) is 9.35. The molecule has 0 saturated carbocycles. The second-order valence-electron chi connectivity index (χ2n) is 6.47. The molecule has 0 bridgehead atoms. The lowest BCUT2D eigenvalue weighted by molar-refractivity contribution is -0.0179. The molecular weight excluding hydrogens is 276 g/mol. The summed E-state index contributed by atoms with van der Waals surface area (Å²) in [4.78, 5) is 0. The van der Waals surface area contributed by atoms with Gasteiger partial charge >= 0.3 is 0 Å². The Labute approximate surface area is 123 Å². The van der Waals surface area contributed by atoms with Crippen molar-refractivity contribution in [1.82, 2.24) is 9.62 Å². The van der Waals surface area contributed by atoms with Gasteiger partial charge in [-0.2, -0.15) is 0 Å². The maximum Gasteiger partial charge on any atom is 0.211 e. The summed E-state index contributed by atoms with van der Waals surface area (Å²) in [6.45, 7) is 4.35. The lowest BCUT2D eigenvalue weighted by Crippen LogP contribution is -2.50. The maximum absolute atomic E-state index is 11.7. The van der Waals surface area contributed by atoms with Crippen LogP contribution in [0.15, 0.2) is 0 Å². The molecule has 3 atom stereocenters. The normalized spacial score (nSPS) is 34.2. The maximum atomic E-state index is 11.7. The minimum absolute atomic E-state index is 0.0951. The number of sulfonamides is 1. The van der Waals surface area contributed by atoms with Gasteiger partial charge < -0.3 is 10.1 Å². The highest BCUT2D eigenvalue weighted by atomic mass is 32.2. The highest BCUT2D eigenvalue weighted by Crippen LogP contribution is 2.33. The predicted molar refractivity (Wildman–Crippen MR) is 80.2 cm³/mol. The Morgan fingerprint density at radius 3 is 2.75 bits per heavy atom. The van der Waals surface area contributed by atoms with Crippen molar-refractivity contribution in [3.8, 4) is 0 Å². The molecule has 5 nitrogen and oxygen atoms in total. The number of hydrogen-bond acceptors (Lipinski definition) is 4. The molecular formula is C14H28N2O3S. The van der Waals surface area contributed by atoms with Gasteiger partial charge in [-0.15, -0.1) is 0 Å². The van der Waals surface area contributed by atoms with Crippen molar-refractivity contribution in [1.29, 1.82) is 0 Å². The van der Waals surface area contributed by atoms with Crippen LogP contribution in [0.4, 0.5) is 0 Å². The Bertz CT molecular complexity index is 418. The Morgan fingerprint density at radius 1 is 1.45 bits per heavy atom. The summed E-state index contributed by atoms with van der Waals surface area (Å²) in [5.41, 5.74) is -0.0951. The zero-order valence-corrected chi connectivity index (χ0v) is 13.7. The van der Waals surface area contributed by atoms with Gasteiger partial charge in [0.05, 0.1) is 11.9 Å². The van der Waals surface area contributed by atoms with Gasteiger partial charge in [-0.3, -0.25) is 0 Å². The third-order valence-corrected chi connectivity index (χ3v) is 6.12. The number of piperidine rings is 1. The molecule has 2 aliphatic rings. The van der Waals surface area contributed by atoms with Crippen LogP contribution in [0.3, 0.4) is 0 Å². The van der Waals surface area contributed by atoms with Crippen LogP contribution in [0.2, 0.25) is 0 Å². The van der Waals surface area contributed by atoms with E-state index in [9.17, 15) is 8.42 Å². The van der Waals surface area contributed by atoms with Crippen LogP contribution in [-0.4, -0.2) is 57.4 Å². The standard InChI is InChI=1S/C14H28N2O3S/c1-14(7-5-9-19-14)13(15-2)10-12-6-4-8-16(11-12)20(3,17)18/h12-13,15H,4-11H2,1-3H3. The van der Waals surface area contributed by atoms with Crippen LogP contribution < -0.4 is 5.32 Å². The Morgan fingerprint density at radius 2 is 2.20 bits per heavy atom. The molecule has 0 aromatic rings. The second kappa shape index (κ2) is 6.30. The van der Waals surface area contributed by atoms with E-state index in [0.29, 0.717) is 25.0 Å². The fourth-order valence-electron chi connectivity index (χ4n) is 3.60. The van der Waals surface area contributed by atoms with Crippen molar-refractivity contribution in [3.63, 3.8) is 0 Å². The van der Waals surface area contributed by atoms with Crippen molar-refractivity contribution >= 4 is 10.0 Å². The third-order valence-electron chi connectivity index (χ3n) is 4.85. The van der Waals surface area contributed by atoms with E-state index in [-0.39, 0.29) is 5.60 Å². The predicted octanol–water partition coefficient (Wildman–Crippen LogP) is 1.21. The van der Waals surface area contributed by atoms with E-state index in [2.05, 4.69) is 12.2 Å². The summed E-state index contributed by atoms with van der Waals surface area (Å²) in [6.07, 6.45) is 6.58. The minimum atomic E-state index is -3.05. The summed E-state index contributed by atoms with van der Waals surface area (Å²) in [7, 11) is -1.07. The molecule has 2 rings (SSSR count). The highest BCUT2D eigenvalue weighted by molar-refractivity contribution is 7.88.